The van der Waals surface area contributed by atoms with Gasteiger partial charge in [0, 0.05) is 14.7 Å². The monoisotopic (exact) mass is 426 g/mol. The zero-order valence-corrected chi connectivity index (χ0v) is 18.3. The minimum absolute atomic E-state index is 0.232. The van der Waals surface area contributed by atoms with Crippen molar-refractivity contribution in [2.24, 2.45) is 0 Å². The van der Waals surface area contributed by atoms with Crippen molar-refractivity contribution in [3.63, 3.8) is 0 Å². The lowest BCUT2D eigenvalue weighted by Gasteiger charge is -2.16. The molecule has 1 aliphatic heterocycles. The molecule has 4 heteroatoms. The van der Waals surface area contributed by atoms with Gasteiger partial charge in [-0.3, -0.25) is 0 Å². The van der Waals surface area contributed by atoms with E-state index in [0.29, 0.717) is 16.0 Å². The summed E-state index contributed by atoms with van der Waals surface area (Å²) in [5, 5.41) is 5.13. The second-order valence-electron chi connectivity index (χ2n) is 7.40. The molecule has 124 valence electrons. The van der Waals surface area contributed by atoms with Gasteiger partial charge in [0.25, 0.3) is 0 Å². The highest BCUT2D eigenvalue weighted by molar-refractivity contribution is 9.09. The fraction of sp³-hybridized carbons (Fsp3) is 0.474. The number of hydrogen-bond donors (Lipinski definition) is 0. The Bertz CT molecular complexity index is 715. The number of halogens is 1. The van der Waals surface area contributed by atoms with Crippen molar-refractivity contribution in [2.45, 2.75) is 56.0 Å². The zero-order valence-electron chi connectivity index (χ0n) is 14.2. The fourth-order valence-corrected chi connectivity index (χ4v) is 7.55. The van der Waals surface area contributed by atoms with Crippen LogP contribution in [0.15, 0.2) is 29.0 Å². The predicted molar refractivity (Wildman–Crippen MR) is 112 cm³/mol. The van der Waals surface area contributed by atoms with E-state index < -0.39 is 0 Å². The molecule has 2 aromatic rings. The molecule has 0 aromatic carbocycles. The molecule has 1 aliphatic rings. The maximum absolute atomic E-state index is 3.89. The second kappa shape index (κ2) is 6.70. The molecule has 23 heavy (non-hydrogen) atoms. The number of rotatable bonds is 3. The van der Waals surface area contributed by atoms with Crippen molar-refractivity contribution in [1.29, 1.82) is 0 Å². The first-order chi connectivity index (χ1) is 10.8. The summed E-state index contributed by atoms with van der Waals surface area (Å²) < 4.78 is 0. The molecule has 0 spiro atoms. The maximum atomic E-state index is 3.89. The second-order valence-corrected chi connectivity index (χ2v) is 11.5. The molecular formula is C19H23BrS3. The van der Waals surface area contributed by atoms with Crippen LogP contribution in [0.2, 0.25) is 0 Å². The summed E-state index contributed by atoms with van der Waals surface area (Å²) in [5.74, 6) is 0.606. The van der Waals surface area contributed by atoms with Crippen molar-refractivity contribution in [3.05, 3.63) is 49.9 Å². The number of allylic oxidation sites excluding steroid dienone is 1. The average Bonchev–Trinajstić information content (AvgIpc) is 3.15. The molecular weight excluding hydrogens is 404 g/mol. The van der Waals surface area contributed by atoms with Crippen LogP contribution in [0, 0.1) is 0 Å². The van der Waals surface area contributed by atoms with E-state index in [0.717, 1.165) is 0 Å². The largest absolute Gasteiger partial charge is 0.147 e. The van der Waals surface area contributed by atoms with Crippen LogP contribution in [0.4, 0.5) is 0 Å². The van der Waals surface area contributed by atoms with E-state index >= 15 is 0 Å². The summed E-state index contributed by atoms with van der Waals surface area (Å²) in [6.45, 7) is 11.4. The van der Waals surface area contributed by atoms with Gasteiger partial charge in [0.15, 0.2) is 0 Å². The van der Waals surface area contributed by atoms with Crippen LogP contribution in [-0.2, 0) is 5.41 Å². The third-order valence-corrected chi connectivity index (χ3v) is 8.98. The van der Waals surface area contributed by atoms with Crippen LogP contribution >= 0.6 is 50.4 Å². The first-order valence-electron chi connectivity index (χ1n) is 7.96. The van der Waals surface area contributed by atoms with Crippen molar-refractivity contribution >= 4 is 55.3 Å². The highest BCUT2D eigenvalue weighted by atomic mass is 79.9. The third-order valence-electron chi connectivity index (χ3n) is 4.15. The van der Waals surface area contributed by atoms with Crippen molar-refractivity contribution < 1.29 is 0 Å². The molecule has 3 heterocycles. The first kappa shape index (κ1) is 17.8. The minimum Gasteiger partial charge on any atom is -0.147 e. The van der Waals surface area contributed by atoms with Gasteiger partial charge in [-0.2, -0.15) is 0 Å². The average molecular weight is 427 g/mol. The van der Waals surface area contributed by atoms with Gasteiger partial charge in [0.05, 0.1) is 10.1 Å². The molecule has 0 fully saturated rings. The summed E-state index contributed by atoms with van der Waals surface area (Å²) in [5.41, 5.74) is 3.13. The SMILES string of the molecule is CC(C)c1csc(C2=CC(Br)C(c3cc(C(C)(C)C)cs3)S2)c1. The first-order valence-corrected chi connectivity index (χ1v) is 11.5. The third kappa shape index (κ3) is 3.81. The Kier molecular flexibility index (Phi) is 5.18. The summed E-state index contributed by atoms with van der Waals surface area (Å²) in [7, 11) is 0. The van der Waals surface area contributed by atoms with E-state index in [1.54, 1.807) is 0 Å². The van der Waals surface area contributed by atoms with Gasteiger partial charge in [0.2, 0.25) is 0 Å². The highest BCUT2D eigenvalue weighted by Crippen LogP contribution is 2.53. The van der Waals surface area contributed by atoms with E-state index in [2.05, 4.69) is 79.5 Å². The van der Waals surface area contributed by atoms with Crippen molar-refractivity contribution in [1.82, 2.24) is 0 Å². The molecule has 0 saturated heterocycles. The zero-order chi connectivity index (χ0) is 16.8. The van der Waals surface area contributed by atoms with Gasteiger partial charge in [-0.15, -0.1) is 34.4 Å². The predicted octanol–water partition coefficient (Wildman–Crippen LogP) is 7.82. The molecule has 2 aromatic heterocycles. The number of thiophene rings is 2. The van der Waals surface area contributed by atoms with E-state index in [9.17, 15) is 0 Å². The molecule has 0 aliphatic carbocycles. The Morgan fingerprint density at radius 1 is 1.09 bits per heavy atom. The van der Waals surface area contributed by atoms with Crippen LogP contribution in [-0.4, -0.2) is 4.83 Å². The Hall–Kier alpha value is -0.0300. The lowest BCUT2D eigenvalue weighted by atomic mass is 9.89. The van der Waals surface area contributed by atoms with Crippen LogP contribution < -0.4 is 0 Å². The molecule has 0 saturated carbocycles. The van der Waals surface area contributed by atoms with Crippen LogP contribution in [0.1, 0.15) is 66.7 Å². The van der Waals surface area contributed by atoms with Gasteiger partial charge in [-0.25, -0.2) is 0 Å². The number of thioether (sulfide) groups is 1. The standard InChI is InChI=1S/C19H23BrS3/c1-11(2)12-6-15(21-9-12)16-8-14(20)18(23-16)17-7-13(10-22-17)19(3,4)5/h6-11,14,18H,1-5H3. The van der Waals surface area contributed by atoms with Crippen LogP contribution in [0.25, 0.3) is 4.91 Å². The lowest BCUT2D eigenvalue weighted by molar-refractivity contribution is 0.592. The maximum Gasteiger partial charge on any atom is 0.0599 e. The lowest BCUT2D eigenvalue weighted by Crippen LogP contribution is -2.09. The Morgan fingerprint density at radius 3 is 2.39 bits per heavy atom. The molecule has 0 radical (unpaired) electrons. The smallest absolute Gasteiger partial charge is 0.0599 e. The van der Waals surface area contributed by atoms with Crippen molar-refractivity contribution in [2.75, 3.05) is 0 Å². The quantitative estimate of drug-likeness (QED) is 0.450. The van der Waals surface area contributed by atoms with Gasteiger partial charge in [0.1, 0.15) is 0 Å². The van der Waals surface area contributed by atoms with Gasteiger partial charge in [-0.1, -0.05) is 56.6 Å². The number of hydrogen-bond acceptors (Lipinski definition) is 3. The highest BCUT2D eigenvalue weighted by Gasteiger charge is 2.31. The topological polar surface area (TPSA) is 0 Å². The molecule has 2 unspecified atom stereocenters. The molecule has 3 rings (SSSR count). The van der Waals surface area contributed by atoms with E-state index in [-0.39, 0.29) is 5.41 Å². The summed E-state index contributed by atoms with van der Waals surface area (Å²) in [4.78, 5) is 4.74. The Labute approximate surface area is 160 Å². The Balaban J connectivity index is 1.79. The summed E-state index contributed by atoms with van der Waals surface area (Å²) >= 11 is 9.68. The number of alkyl halides is 1. The molecule has 0 amide bonds. The van der Waals surface area contributed by atoms with E-state index in [1.807, 2.05) is 34.4 Å². The van der Waals surface area contributed by atoms with Gasteiger partial charge < -0.3 is 0 Å². The summed E-state index contributed by atoms with van der Waals surface area (Å²) in [6.07, 6.45) is 2.39. The van der Waals surface area contributed by atoms with E-state index in [1.165, 1.54) is 25.8 Å². The van der Waals surface area contributed by atoms with Crippen molar-refractivity contribution in [3.8, 4) is 0 Å². The molecule has 2 atom stereocenters. The van der Waals surface area contributed by atoms with Gasteiger partial charge >= 0.3 is 0 Å². The molecule has 0 N–H and O–H groups in total. The summed E-state index contributed by atoms with van der Waals surface area (Å²) in [6, 6.07) is 4.77. The van der Waals surface area contributed by atoms with E-state index in [4.69, 9.17) is 0 Å². The normalized spacial score (nSPS) is 22.0. The molecule has 0 bridgehead atoms. The van der Waals surface area contributed by atoms with Crippen LogP contribution in [0.5, 0.6) is 0 Å². The minimum atomic E-state index is 0.232. The fourth-order valence-electron chi connectivity index (χ4n) is 2.51. The van der Waals surface area contributed by atoms with Gasteiger partial charge in [-0.05, 0) is 45.4 Å². The van der Waals surface area contributed by atoms with Crippen LogP contribution in [0.3, 0.4) is 0 Å². The molecule has 0 nitrogen and oxygen atoms in total. The Morgan fingerprint density at radius 2 is 1.83 bits per heavy atom.